The fraction of sp³-hybridized carbons (Fsp3) is 0.167. The Hall–Kier alpha value is -2.38. The van der Waals surface area contributed by atoms with Gasteiger partial charge in [-0.3, -0.25) is 4.79 Å². The van der Waals surface area contributed by atoms with Crippen LogP contribution < -0.4 is 5.32 Å². The number of anilines is 1. The average Bonchev–Trinajstić information content (AvgIpc) is 3.03. The molecule has 0 aliphatic carbocycles. The zero-order chi connectivity index (χ0) is 18.5. The van der Waals surface area contributed by atoms with Crippen molar-refractivity contribution in [3.8, 4) is 11.4 Å². The van der Waals surface area contributed by atoms with Crippen molar-refractivity contribution in [2.24, 2.45) is 0 Å². The Balaban J connectivity index is 1.71. The van der Waals surface area contributed by atoms with Gasteiger partial charge in [-0.2, -0.15) is 0 Å². The highest BCUT2D eigenvalue weighted by atomic mass is 35.5. The van der Waals surface area contributed by atoms with Crippen molar-refractivity contribution in [2.75, 3.05) is 11.1 Å². The molecule has 0 aliphatic heterocycles. The first-order valence-corrected chi connectivity index (χ1v) is 9.31. The van der Waals surface area contributed by atoms with Crippen molar-refractivity contribution < 1.29 is 9.18 Å². The average molecular weight is 391 g/mol. The second-order valence-electron chi connectivity index (χ2n) is 5.38. The molecule has 1 aromatic heterocycles. The van der Waals surface area contributed by atoms with Gasteiger partial charge in [-0.1, -0.05) is 41.6 Å². The van der Waals surface area contributed by atoms with E-state index in [-0.39, 0.29) is 17.5 Å². The lowest BCUT2D eigenvalue weighted by molar-refractivity contribution is -0.113. The molecule has 0 aliphatic rings. The minimum Gasteiger partial charge on any atom is -0.325 e. The first kappa shape index (κ1) is 18.4. The van der Waals surface area contributed by atoms with Crippen LogP contribution in [0.15, 0.2) is 53.7 Å². The second-order valence-corrected chi connectivity index (χ2v) is 6.76. The number of carbonyl (C=O) groups excluding carboxylic acids is 1. The topological polar surface area (TPSA) is 59.8 Å². The molecule has 0 saturated heterocycles. The van der Waals surface area contributed by atoms with Crippen LogP contribution in [0.3, 0.4) is 0 Å². The Morgan fingerprint density at radius 3 is 2.77 bits per heavy atom. The molecule has 0 saturated carbocycles. The van der Waals surface area contributed by atoms with Crippen molar-refractivity contribution in [2.45, 2.75) is 18.6 Å². The van der Waals surface area contributed by atoms with Gasteiger partial charge in [-0.15, -0.1) is 10.2 Å². The van der Waals surface area contributed by atoms with Gasteiger partial charge in [0.1, 0.15) is 5.82 Å². The summed E-state index contributed by atoms with van der Waals surface area (Å²) in [5, 5.41) is 12.1. The van der Waals surface area contributed by atoms with Gasteiger partial charge in [0.05, 0.1) is 11.3 Å². The summed E-state index contributed by atoms with van der Waals surface area (Å²) in [5.41, 5.74) is 1.02. The molecule has 0 radical (unpaired) electrons. The number of aromatic nitrogens is 3. The predicted molar refractivity (Wildman–Crippen MR) is 102 cm³/mol. The number of amides is 1. The van der Waals surface area contributed by atoms with Crippen molar-refractivity contribution >= 4 is 35.0 Å². The summed E-state index contributed by atoms with van der Waals surface area (Å²) >= 11 is 7.15. The lowest BCUT2D eigenvalue weighted by Gasteiger charge is -2.08. The van der Waals surface area contributed by atoms with E-state index < -0.39 is 0 Å². The van der Waals surface area contributed by atoms with E-state index in [0.717, 1.165) is 0 Å². The number of carbonyl (C=O) groups is 1. The van der Waals surface area contributed by atoms with E-state index >= 15 is 0 Å². The lowest BCUT2D eigenvalue weighted by atomic mass is 10.2. The quantitative estimate of drug-likeness (QED) is 0.630. The van der Waals surface area contributed by atoms with Crippen LogP contribution in [0, 0.1) is 5.82 Å². The Morgan fingerprint density at radius 1 is 1.23 bits per heavy atom. The van der Waals surface area contributed by atoms with Crippen LogP contribution in [-0.4, -0.2) is 26.4 Å². The van der Waals surface area contributed by atoms with Gasteiger partial charge in [-0.05, 0) is 37.3 Å². The number of halogens is 2. The van der Waals surface area contributed by atoms with Crippen LogP contribution in [-0.2, 0) is 11.3 Å². The van der Waals surface area contributed by atoms with Crippen LogP contribution in [0.1, 0.15) is 6.92 Å². The van der Waals surface area contributed by atoms with E-state index in [1.165, 1.54) is 17.8 Å². The Kier molecular flexibility index (Phi) is 5.90. The summed E-state index contributed by atoms with van der Waals surface area (Å²) in [5.74, 6) is 0.0608. The molecule has 0 bridgehead atoms. The summed E-state index contributed by atoms with van der Waals surface area (Å²) in [4.78, 5) is 12.1. The van der Waals surface area contributed by atoms with Crippen LogP contribution in [0.25, 0.3) is 11.4 Å². The molecular weight excluding hydrogens is 375 g/mol. The van der Waals surface area contributed by atoms with E-state index in [0.29, 0.717) is 33.8 Å². The number of hydrogen-bond donors (Lipinski definition) is 1. The van der Waals surface area contributed by atoms with Crippen molar-refractivity contribution in [3.63, 3.8) is 0 Å². The van der Waals surface area contributed by atoms with Gasteiger partial charge in [-0.25, -0.2) is 4.39 Å². The summed E-state index contributed by atoms with van der Waals surface area (Å²) in [6, 6.07) is 13.4. The highest BCUT2D eigenvalue weighted by molar-refractivity contribution is 7.99. The molecule has 5 nitrogen and oxygen atoms in total. The van der Waals surface area contributed by atoms with Crippen LogP contribution >= 0.6 is 23.4 Å². The lowest BCUT2D eigenvalue weighted by Crippen LogP contribution is -2.14. The van der Waals surface area contributed by atoms with E-state index in [1.807, 2.05) is 6.92 Å². The zero-order valence-corrected chi connectivity index (χ0v) is 15.5. The van der Waals surface area contributed by atoms with Crippen molar-refractivity contribution in [1.29, 1.82) is 0 Å². The van der Waals surface area contributed by atoms with Crippen LogP contribution in [0.4, 0.5) is 10.1 Å². The summed E-state index contributed by atoms with van der Waals surface area (Å²) in [6.45, 7) is 2.48. The third-order valence-corrected chi connectivity index (χ3v) is 4.79. The molecular formula is C18H16ClFN4OS. The largest absolute Gasteiger partial charge is 0.325 e. The molecule has 8 heteroatoms. The highest BCUT2D eigenvalue weighted by Crippen LogP contribution is 2.26. The van der Waals surface area contributed by atoms with Gasteiger partial charge in [0.2, 0.25) is 5.91 Å². The fourth-order valence-electron chi connectivity index (χ4n) is 2.42. The number of nitrogens with one attached hydrogen (secondary N) is 1. The smallest absolute Gasteiger partial charge is 0.234 e. The maximum atomic E-state index is 14.0. The molecule has 0 unspecified atom stereocenters. The molecule has 3 rings (SSSR count). The molecule has 0 fully saturated rings. The van der Waals surface area contributed by atoms with Crippen molar-refractivity contribution in [1.82, 2.24) is 14.8 Å². The number of benzene rings is 2. The van der Waals surface area contributed by atoms with E-state index in [4.69, 9.17) is 11.6 Å². The minimum absolute atomic E-state index is 0.155. The van der Waals surface area contributed by atoms with E-state index in [1.54, 1.807) is 47.0 Å². The molecule has 134 valence electrons. The summed E-state index contributed by atoms with van der Waals surface area (Å²) in [7, 11) is 0. The van der Waals surface area contributed by atoms with Gasteiger partial charge in [0, 0.05) is 17.3 Å². The van der Waals surface area contributed by atoms with Crippen LogP contribution in [0.2, 0.25) is 5.02 Å². The Bertz CT molecular complexity index is 931. The zero-order valence-electron chi connectivity index (χ0n) is 13.9. The fourth-order valence-corrected chi connectivity index (χ4v) is 3.41. The molecule has 26 heavy (non-hydrogen) atoms. The maximum Gasteiger partial charge on any atom is 0.234 e. The predicted octanol–water partition coefficient (Wildman–Crippen LogP) is 4.49. The SMILES string of the molecule is CCn1c(SCC(=O)Nc2cccc(Cl)c2)nnc1-c1ccccc1F. The molecule has 1 amide bonds. The first-order chi connectivity index (χ1) is 12.6. The Labute approximate surface area is 159 Å². The molecule has 0 spiro atoms. The molecule has 1 heterocycles. The maximum absolute atomic E-state index is 14.0. The normalized spacial score (nSPS) is 10.7. The van der Waals surface area contributed by atoms with E-state index in [2.05, 4.69) is 15.5 Å². The third-order valence-electron chi connectivity index (χ3n) is 3.59. The standard InChI is InChI=1S/C18H16ClFN4OS/c1-2-24-17(14-8-3-4-9-15(14)20)22-23-18(24)26-11-16(25)21-13-7-5-6-12(19)10-13/h3-10H,2,11H2,1H3,(H,21,25). The number of rotatable bonds is 6. The number of nitrogens with zero attached hydrogens (tertiary/aromatic N) is 3. The summed E-state index contributed by atoms with van der Waals surface area (Å²) < 4.78 is 15.8. The number of hydrogen-bond acceptors (Lipinski definition) is 4. The van der Waals surface area contributed by atoms with Crippen molar-refractivity contribution in [3.05, 3.63) is 59.4 Å². The minimum atomic E-state index is -0.357. The van der Waals surface area contributed by atoms with Gasteiger partial charge in [0.15, 0.2) is 11.0 Å². The molecule has 1 N–H and O–H groups in total. The van der Waals surface area contributed by atoms with Crippen LogP contribution in [0.5, 0.6) is 0 Å². The highest BCUT2D eigenvalue weighted by Gasteiger charge is 2.17. The Morgan fingerprint density at radius 2 is 2.04 bits per heavy atom. The van der Waals surface area contributed by atoms with Gasteiger partial charge < -0.3 is 9.88 Å². The number of thioether (sulfide) groups is 1. The van der Waals surface area contributed by atoms with E-state index in [9.17, 15) is 9.18 Å². The monoisotopic (exact) mass is 390 g/mol. The first-order valence-electron chi connectivity index (χ1n) is 7.94. The van der Waals surface area contributed by atoms with Gasteiger partial charge >= 0.3 is 0 Å². The van der Waals surface area contributed by atoms with Gasteiger partial charge in [0.25, 0.3) is 0 Å². The second kappa shape index (κ2) is 8.33. The third kappa shape index (κ3) is 4.23. The molecule has 2 aromatic carbocycles. The molecule has 3 aromatic rings. The summed E-state index contributed by atoms with van der Waals surface area (Å²) in [6.07, 6.45) is 0. The molecule has 0 atom stereocenters.